The van der Waals surface area contributed by atoms with Gasteiger partial charge in [0.05, 0.1) is 5.56 Å². The maximum atomic E-state index is 12.7. The van der Waals surface area contributed by atoms with Gasteiger partial charge in [-0.2, -0.15) is 0 Å². The van der Waals surface area contributed by atoms with Crippen molar-refractivity contribution in [3.05, 3.63) is 31.8 Å². The topological polar surface area (TPSA) is 20.3 Å². The van der Waals surface area contributed by atoms with Crippen LogP contribution < -0.4 is 0 Å². The van der Waals surface area contributed by atoms with E-state index in [1.165, 1.54) is 6.42 Å². The van der Waals surface area contributed by atoms with Crippen LogP contribution in [0.25, 0.3) is 0 Å². The van der Waals surface area contributed by atoms with E-state index < -0.39 is 0 Å². The summed E-state index contributed by atoms with van der Waals surface area (Å²) in [6.45, 7) is 4.30. The summed E-state index contributed by atoms with van der Waals surface area (Å²) in [5.74, 6) is 0.167. The van der Waals surface area contributed by atoms with Gasteiger partial charge in [0.25, 0.3) is 5.91 Å². The van der Waals surface area contributed by atoms with E-state index in [1.54, 1.807) is 0 Å². The molecule has 1 aliphatic heterocycles. The molecule has 1 aromatic carbocycles. The predicted molar refractivity (Wildman–Crippen MR) is 85.8 cm³/mol. The smallest absolute Gasteiger partial charge is 0.255 e. The third-order valence-corrected chi connectivity index (χ3v) is 5.02. The number of piperidine rings is 1. The van der Waals surface area contributed by atoms with Gasteiger partial charge in [-0.1, -0.05) is 15.9 Å². The molecule has 0 aliphatic carbocycles. The van der Waals surface area contributed by atoms with E-state index in [0.717, 1.165) is 26.4 Å². The van der Waals surface area contributed by atoms with Crippen molar-refractivity contribution in [2.45, 2.75) is 45.2 Å². The van der Waals surface area contributed by atoms with E-state index in [4.69, 9.17) is 0 Å². The van der Waals surface area contributed by atoms with E-state index >= 15 is 0 Å². The van der Waals surface area contributed by atoms with Crippen molar-refractivity contribution in [3.8, 4) is 0 Å². The van der Waals surface area contributed by atoms with E-state index in [2.05, 4.69) is 52.4 Å². The summed E-state index contributed by atoms with van der Waals surface area (Å²) in [5, 5.41) is 0. The third kappa shape index (κ3) is 2.90. The summed E-state index contributed by atoms with van der Waals surface area (Å²) in [7, 11) is 0. The monoisotopic (exact) mass is 421 g/mol. The Morgan fingerprint density at radius 3 is 2.56 bits per heavy atom. The van der Waals surface area contributed by atoms with Crippen molar-refractivity contribution in [1.82, 2.24) is 4.90 Å². The molecule has 2 nitrogen and oxygen atoms in total. The standard InChI is InChI=1S/C14H17BrINO/c1-9-4-3-5-10(2)17(9)14(18)12-8-11(15)6-7-13(12)16/h6-10H,3-5H2,1-2H3/t9-,10+. The zero-order valence-electron chi connectivity index (χ0n) is 10.6. The SMILES string of the molecule is C[C@@H]1CCC[C@H](C)N1C(=O)c1cc(Br)ccc1I. The summed E-state index contributed by atoms with van der Waals surface area (Å²) in [6, 6.07) is 6.57. The molecule has 0 saturated carbocycles. The van der Waals surface area contributed by atoms with E-state index in [9.17, 15) is 4.79 Å². The highest BCUT2D eigenvalue weighted by molar-refractivity contribution is 14.1. The van der Waals surface area contributed by atoms with Crippen LogP contribution in [0.1, 0.15) is 43.5 Å². The highest BCUT2D eigenvalue weighted by Gasteiger charge is 2.30. The van der Waals surface area contributed by atoms with Gasteiger partial charge in [0, 0.05) is 20.1 Å². The van der Waals surface area contributed by atoms with E-state index in [1.807, 2.05) is 23.1 Å². The van der Waals surface area contributed by atoms with Crippen LogP contribution in [0.5, 0.6) is 0 Å². The molecule has 0 spiro atoms. The maximum absolute atomic E-state index is 12.7. The molecule has 0 radical (unpaired) electrons. The molecular weight excluding hydrogens is 405 g/mol. The predicted octanol–water partition coefficient (Wildman–Crippen LogP) is 4.46. The molecule has 1 saturated heterocycles. The van der Waals surface area contributed by atoms with Gasteiger partial charge in [-0.15, -0.1) is 0 Å². The molecule has 1 aromatic rings. The van der Waals surface area contributed by atoms with E-state index in [0.29, 0.717) is 12.1 Å². The Bertz CT molecular complexity index is 453. The van der Waals surface area contributed by atoms with Crippen LogP contribution in [0.2, 0.25) is 0 Å². The van der Waals surface area contributed by atoms with Crippen LogP contribution in [0.15, 0.2) is 22.7 Å². The zero-order chi connectivity index (χ0) is 13.3. The first kappa shape index (κ1) is 14.3. The second-order valence-corrected chi connectivity index (χ2v) is 7.04. The lowest BCUT2D eigenvalue weighted by Gasteiger charge is -2.39. The summed E-state index contributed by atoms with van der Waals surface area (Å²) in [6.07, 6.45) is 3.45. The molecule has 4 heteroatoms. The molecule has 1 heterocycles. The van der Waals surface area contributed by atoms with Gasteiger partial charge in [0.1, 0.15) is 0 Å². The molecule has 2 rings (SSSR count). The van der Waals surface area contributed by atoms with Crippen molar-refractivity contribution >= 4 is 44.4 Å². The Kier molecular flexibility index (Phi) is 4.69. The first-order valence-corrected chi connectivity index (χ1v) is 8.15. The number of carbonyl (C=O) groups excluding carboxylic acids is 1. The van der Waals surface area contributed by atoms with Gasteiger partial charge in [0.2, 0.25) is 0 Å². The average molecular weight is 422 g/mol. The van der Waals surface area contributed by atoms with Crippen molar-refractivity contribution in [2.24, 2.45) is 0 Å². The minimum Gasteiger partial charge on any atom is -0.333 e. The molecule has 0 unspecified atom stereocenters. The minimum atomic E-state index is 0.167. The quantitative estimate of drug-likeness (QED) is 0.613. The lowest BCUT2D eigenvalue weighted by Crippen LogP contribution is -2.47. The molecule has 0 aromatic heterocycles. The molecule has 0 N–H and O–H groups in total. The fraction of sp³-hybridized carbons (Fsp3) is 0.500. The maximum Gasteiger partial charge on any atom is 0.255 e. The fourth-order valence-corrected chi connectivity index (χ4v) is 3.55. The Morgan fingerprint density at radius 2 is 1.94 bits per heavy atom. The number of halogens is 2. The molecular formula is C14H17BrINO. The van der Waals surface area contributed by atoms with Gasteiger partial charge in [-0.3, -0.25) is 4.79 Å². The first-order chi connectivity index (χ1) is 8.50. The van der Waals surface area contributed by atoms with Crippen LogP contribution in [0.3, 0.4) is 0 Å². The molecule has 18 heavy (non-hydrogen) atoms. The highest BCUT2D eigenvalue weighted by Crippen LogP contribution is 2.27. The van der Waals surface area contributed by atoms with Crippen molar-refractivity contribution in [3.63, 3.8) is 0 Å². The Balaban J connectivity index is 2.32. The number of likely N-dealkylation sites (tertiary alicyclic amines) is 1. The average Bonchev–Trinajstić information content (AvgIpc) is 2.32. The third-order valence-electron chi connectivity index (χ3n) is 3.59. The number of nitrogens with zero attached hydrogens (tertiary/aromatic N) is 1. The van der Waals surface area contributed by atoms with Gasteiger partial charge >= 0.3 is 0 Å². The van der Waals surface area contributed by atoms with Crippen LogP contribution >= 0.6 is 38.5 Å². The number of rotatable bonds is 1. The van der Waals surface area contributed by atoms with Crippen molar-refractivity contribution in [2.75, 3.05) is 0 Å². The Labute approximate surface area is 130 Å². The molecule has 1 amide bonds. The molecule has 1 fully saturated rings. The molecule has 0 bridgehead atoms. The van der Waals surface area contributed by atoms with Gasteiger partial charge in [-0.05, 0) is 73.9 Å². The van der Waals surface area contributed by atoms with Gasteiger partial charge in [-0.25, -0.2) is 0 Å². The number of hydrogen-bond donors (Lipinski definition) is 0. The number of benzene rings is 1. The van der Waals surface area contributed by atoms with E-state index in [-0.39, 0.29) is 5.91 Å². The summed E-state index contributed by atoms with van der Waals surface area (Å²) in [5.41, 5.74) is 0.811. The normalized spacial score (nSPS) is 24.1. The first-order valence-electron chi connectivity index (χ1n) is 6.28. The summed E-state index contributed by atoms with van der Waals surface area (Å²) in [4.78, 5) is 14.7. The summed E-state index contributed by atoms with van der Waals surface area (Å²) >= 11 is 5.68. The van der Waals surface area contributed by atoms with Gasteiger partial charge in [0.15, 0.2) is 0 Å². The van der Waals surface area contributed by atoms with Crippen LogP contribution in [0.4, 0.5) is 0 Å². The number of carbonyl (C=O) groups is 1. The Hall–Kier alpha value is -0.100. The van der Waals surface area contributed by atoms with Crippen molar-refractivity contribution in [1.29, 1.82) is 0 Å². The highest BCUT2D eigenvalue weighted by atomic mass is 127. The number of hydrogen-bond acceptors (Lipinski definition) is 1. The summed E-state index contributed by atoms with van der Waals surface area (Å²) < 4.78 is 1.98. The van der Waals surface area contributed by atoms with Gasteiger partial charge < -0.3 is 4.90 Å². The molecule has 98 valence electrons. The molecule has 1 aliphatic rings. The van der Waals surface area contributed by atoms with Crippen molar-refractivity contribution < 1.29 is 4.79 Å². The second-order valence-electron chi connectivity index (χ2n) is 4.97. The number of amides is 1. The van der Waals surface area contributed by atoms with Crippen LogP contribution in [-0.2, 0) is 0 Å². The lowest BCUT2D eigenvalue weighted by atomic mass is 9.96. The molecule has 2 atom stereocenters. The Morgan fingerprint density at radius 1 is 1.33 bits per heavy atom. The zero-order valence-corrected chi connectivity index (χ0v) is 14.4. The largest absolute Gasteiger partial charge is 0.333 e. The fourth-order valence-electron chi connectivity index (χ4n) is 2.62. The minimum absolute atomic E-state index is 0.167. The lowest BCUT2D eigenvalue weighted by molar-refractivity contribution is 0.0509. The van der Waals surface area contributed by atoms with Crippen LogP contribution in [-0.4, -0.2) is 22.9 Å². The van der Waals surface area contributed by atoms with Crippen LogP contribution in [0, 0.1) is 3.57 Å². The second kappa shape index (κ2) is 5.90.